The summed E-state index contributed by atoms with van der Waals surface area (Å²) in [5.41, 5.74) is 2.11. The van der Waals surface area contributed by atoms with Crippen LogP contribution < -0.4 is 5.32 Å². The molecule has 1 saturated carbocycles. The molecule has 1 aliphatic carbocycles. The Morgan fingerprint density at radius 1 is 1.24 bits per heavy atom. The first-order valence-corrected chi connectivity index (χ1v) is 9.22. The quantitative estimate of drug-likeness (QED) is 0.780. The number of hydrogen-bond acceptors (Lipinski definition) is 7. The summed E-state index contributed by atoms with van der Waals surface area (Å²) < 4.78 is 4.00. The lowest BCUT2D eigenvalue weighted by atomic mass is 10.2. The lowest BCUT2D eigenvalue weighted by Crippen LogP contribution is -2.29. The molecule has 128 valence electrons. The molecule has 1 fully saturated rings. The van der Waals surface area contributed by atoms with E-state index in [1.165, 1.54) is 12.8 Å². The minimum Gasteiger partial charge on any atom is -0.319 e. The zero-order valence-electron chi connectivity index (χ0n) is 14.0. The summed E-state index contributed by atoms with van der Waals surface area (Å²) in [6.07, 6.45) is 8.20. The van der Waals surface area contributed by atoms with Crippen LogP contribution in [0, 0.1) is 0 Å². The van der Waals surface area contributed by atoms with Gasteiger partial charge in [0.2, 0.25) is 5.13 Å². The van der Waals surface area contributed by atoms with Crippen LogP contribution in [-0.2, 0) is 13.6 Å². The highest BCUT2D eigenvalue weighted by molar-refractivity contribution is 7.15. The van der Waals surface area contributed by atoms with Gasteiger partial charge in [-0.1, -0.05) is 11.3 Å². The number of nitrogens with zero attached hydrogens (tertiary/aromatic N) is 7. The summed E-state index contributed by atoms with van der Waals surface area (Å²) >= 11 is 1.62. The lowest BCUT2D eigenvalue weighted by molar-refractivity contribution is 0.574. The molecule has 1 N–H and O–H groups in total. The van der Waals surface area contributed by atoms with E-state index >= 15 is 0 Å². The van der Waals surface area contributed by atoms with E-state index in [1.54, 1.807) is 16.0 Å². The van der Waals surface area contributed by atoms with E-state index < -0.39 is 0 Å². The topological polar surface area (TPSA) is 85.8 Å². The van der Waals surface area contributed by atoms with Crippen molar-refractivity contribution in [1.29, 1.82) is 0 Å². The van der Waals surface area contributed by atoms with E-state index in [9.17, 15) is 0 Å². The van der Waals surface area contributed by atoms with E-state index in [-0.39, 0.29) is 6.04 Å². The van der Waals surface area contributed by atoms with Crippen molar-refractivity contribution in [3.8, 4) is 11.3 Å². The molecule has 9 heteroatoms. The second kappa shape index (κ2) is 5.48. The highest BCUT2D eigenvalue weighted by Crippen LogP contribution is 2.42. The van der Waals surface area contributed by atoms with Gasteiger partial charge in [0.25, 0.3) is 0 Å². The molecule has 0 radical (unpaired) electrons. The molecular weight excluding hydrogens is 336 g/mol. The maximum Gasteiger partial charge on any atom is 0.211 e. The number of aromatic nitrogens is 6. The van der Waals surface area contributed by atoms with Crippen LogP contribution >= 0.6 is 11.3 Å². The van der Waals surface area contributed by atoms with Gasteiger partial charge in [-0.25, -0.2) is 4.98 Å². The van der Waals surface area contributed by atoms with Gasteiger partial charge in [-0.2, -0.15) is 5.10 Å². The van der Waals surface area contributed by atoms with E-state index in [0.29, 0.717) is 5.92 Å². The second-order valence-corrected chi connectivity index (χ2v) is 7.66. The van der Waals surface area contributed by atoms with Crippen LogP contribution in [0.5, 0.6) is 0 Å². The van der Waals surface area contributed by atoms with Crippen molar-refractivity contribution in [2.75, 3.05) is 5.32 Å². The number of hydrogen-bond donors (Lipinski definition) is 1. The predicted octanol–water partition coefficient (Wildman–Crippen LogP) is 2.27. The third-order valence-corrected chi connectivity index (χ3v) is 5.46. The Bertz CT molecular complexity index is 961. The predicted molar refractivity (Wildman–Crippen MR) is 95.9 cm³/mol. The van der Waals surface area contributed by atoms with Crippen LogP contribution in [0.3, 0.4) is 0 Å². The smallest absolute Gasteiger partial charge is 0.211 e. The molecule has 0 aromatic carbocycles. The van der Waals surface area contributed by atoms with Crippen LogP contribution in [0.25, 0.3) is 11.3 Å². The third-order valence-electron chi connectivity index (χ3n) is 4.46. The lowest BCUT2D eigenvalue weighted by Gasteiger charge is -2.21. The minimum atomic E-state index is 0.162. The summed E-state index contributed by atoms with van der Waals surface area (Å²) in [6.45, 7) is 2.90. The van der Waals surface area contributed by atoms with E-state index in [0.717, 1.165) is 39.6 Å². The van der Waals surface area contributed by atoms with Gasteiger partial charge in [-0.15, -0.1) is 10.2 Å². The Labute approximate surface area is 148 Å². The summed E-state index contributed by atoms with van der Waals surface area (Å²) in [5.74, 6) is 2.20. The van der Waals surface area contributed by atoms with Gasteiger partial charge in [0.15, 0.2) is 11.7 Å². The summed E-state index contributed by atoms with van der Waals surface area (Å²) in [4.78, 5) is 9.34. The van der Waals surface area contributed by atoms with Crippen LogP contribution in [0.2, 0.25) is 0 Å². The van der Waals surface area contributed by atoms with Crippen molar-refractivity contribution in [2.45, 2.75) is 38.3 Å². The van der Waals surface area contributed by atoms with Crippen LogP contribution in [-0.4, -0.2) is 41.4 Å². The standard InChI is InChI=1S/C16H18N8S/c1-9-7-24-12(11-5-18-23(2)8-11)6-17-14(24)13(19-9)20-16-22-21-15(25-16)10-3-4-10/h5-6,8-10H,3-4,7H2,1-2H3,(H,19,20,22). The number of fused-ring (bicyclic) bond motifs is 1. The molecule has 1 unspecified atom stereocenters. The molecule has 0 bridgehead atoms. The molecule has 0 amide bonds. The van der Waals surface area contributed by atoms with Gasteiger partial charge in [0.05, 0.1) is 24.1 Å². The molecule has 2 aliphatic rings. The molecule has 25 heavy (non-hydrogen) atoms. The fraction of sp³-hybridized carbons (Fsp3) is 0.438. The molecule has 0 spiro atoms. The van der Waals surface area contributed by atoms with Crippen LogP contribution in [0.4, 0.5) is 5.13 Å². The first-order chi connectivity index (χ1) is 12.2. The maximum absolute atomic E-state index is 4.74. The zero-order valence-corrected chi connectivity index (χ0v) is 14.9. The number of imidazole rings is 1. The number of aryl methyl sites for hydroxylation is 1. The molecule has 4 heterocycles. The van der Waals surface area contributed by atoms with Crippen molar-refractivity contribution in [2.24, 2.45) is 12.0 Å². The minimum absolute atomic E-state index is 0.162. The number of rotatable bonds is 3. The second-order valence-electron chi connectivity index (χ2n) is 6.65. The van der Waals surface area contributed by atoms with Crippen LogP contribution in [0.1, 0.15) is 36.5 Å². The van der Waals surface area contributed by atoms with Gasteiger partial charge in [0, 0.05) is 31.3 Å². The highest BCUT2D eigenvalue weighted by Gasteiger charge is 2.29. The Morgan fingerprint density at radius 2 is 2.12 bits per heavy atom. The summed E-state index contributed by atoms with van der Waals surface area (Å²) in [5, 5.41) is 18.0. The molecule has 3 aromatic heterocycles. The van der Waals surface area contributed by atoms with Gasteiger partial charge in [-0.05, 0) is 19.8 Å². The Balaban J connectivity index is 1.48. The molecule has 0 saturated heterocycles. The largest absolute Gasteiger partial charge is 0.319 e. The first kappa shape index (κ1) is 14.8. The van der Waals surface area contributed by atoms with Gasteiger partial charge < -0.3 is 9.88 Å². The number of nitrogens with one attached hydrogen (secondary N) is 1. The van der Waals surface area contributed by atoms with Gasteiger partial charge in [0.1, 0.15) is 5.01 Å². The fourth-order valence-electron chi connectivity index (χ4n) is 3.09. The summed E-state index contributed by atoms with van der Waals surface area (Å²) in [7, 11) is 1.92. The number of aliphatic imine (C=N–C) groups is 1. The molecule has 3 aromatic rings. The molecule has 1 atom stereocenters. The SMILES string of the molecule is CC1Cn2c(-c3cnn(C)c3)cnc2C(Nc2nnc(C3CC3)s2)=N1. The third kappa shape index (κ3) is 2.64. The average Bonchev–Trinajstić information content (AvgIpc) is 2.98. The zero-order chi connectivity index (χ0) is 17.0. The Hall–Kier alpha value is -2.55. The average molecular weight is 354 g/mol. The highest BCUT2D eigenvalue weighted by atomic mass is 32.1. The molecule has 8 nitrogen and oxygen atoms in total. The monoisotopic (exact) mass is 354 g/mol. The Kier molecular flexibility index (Phi) is 3.24. The molecular formula is C16H18N8S. The first-order valence-electron chi connectivity index (χ1n) is 8.40. The van der Waals surface area contributed by atoms with Crippen molar-refractivity contribution >= 4 is 22.3 Å². The normalized spacial score (nSPS) is 19.6. The summed E-state index contributed by atoms with van der Waals surface area (Å²) in [6, 6.07) is 0.162. The van der Waals surface area contributed by atoms with E-state index in [1.807, 2.05) is 25.6 Å². The number of amidine groups is 1. The maximum atomic E-state index is 4.74. The van der Waals surface area contributed by atoms with Crippen molar-refractivity contribution < 1.29 is 0 Å². The van der Waals surface area contributed by atoms with E-state index in [4.69, 9.17) is 4.99 Å². The van der Waals surface area contributed by atoms with Gasteiger partial charge in [-0.3, -0.25) is 9.67 Å². The number of anilines is 1. The van der Waals surface area contributed by atoms with Crippen molar-refractivity contribution in [3.05, 3.63) is 29.4 Å². The van der Waals surface area contributed by atoms with Crippen molar-refractivity contribution in [1.82, 2.24) is 29.5 Å². The van der Waals surface area contributed by atoms with E-state index in [2.05, 4.69) is 37.1 Å². The van der Waals surface area contributed by atoms with Crippen LogP contribution in [0.15, 0.2) is 23.6 Å². The molecule has 5 rings (SSSR count). The fourth-order valence-corrected chi connectivity index (χ4v) is 4.00. The van der Waals surface area contributed by atoms with Gasteiger partial charge >= 0.3 is 0 Å². The molecule has 1 aliphatic heterocycles. The van der Waals surface area contributed by atoms with Crippen molar-refractivity contribution in [3.63, 3.8) is 0 Å². The Morgan fingerprint density at radius 3 is 2.88 bits per heavy atom.